The van der Waals surface area contributed by atoms with Gasteiger partial charge in [-0.1, -0.05) is 102 Å². The van der Waals surface area contributed by atoms with Gasteiger partial charge in [-0.25, -0.2) is 0 Å². The maximum Gasteiger partial charge on any atom is 0.188 e. The topological polar surface area (TPSA) is 26.3 Å². The van der Waals surface area contributed by atoms with Crippen LogP contribution < -0.4 is 0 Å². The molecule has 136 valence electrons. The number of carbonyl (C=O) groups excluding carboxylic acids is 1. The van der Waals surface area contributed by atoms with Crippen LogP contribution in [0.1, 0.15) is 94.8 Å². The van der Waals surface area contributed by atoms with Gasteiger partial charge < -0.3 is 4.74 Å². The molecular weight excluding hydrogens is 296 g/mol. The summed E-state index contributed by atoms with van der Waals surface area (Å²) in [5.41, 5.74) is 0.750. The van der Waals surface area contributed by atoms with E-state index in [4.69, 9.17) is 4.74 Å². The highest BCUT2D eigenvalue weighted by Crippen LogP contribution is 2.15. The molecule has 0 heterocycles. The van der Waals surface area contributed by atoms with Gasteiger partial charge in [-0.05, 0) is 12.8 Å². The van der Waals surface area contributed by atoms with Gasteiger partial charge >= 0.3 is 0 Å². The quantitative estimate of drug-likeness (QED) is 0.268. The average Bonchev–Trinajstić information content (AvgIpc) is 2.62. The Morgan fingerprint density at radius 2 is 1.46 bits per heavy atom. The molecule has 0 amide bonds. The Morgan fingerprint density at radius 1 is 0.833 bits per heavy atom. The molecule has 0 aliphatic heterocycles. The van der Waals surface area contributed by atoms with Crippen LogP contribution >= 0.6 is 0 Å². The van der Waals surface area contributed by atoms with Gasteiger partial charge in [0.1, 0.15) is 6.61 Å². The highest BCUT2D eigenvalue weighted by molar-refractivity contribution is 5.96. The number of ether oxygens (including phenoxy) is 1. The van der Waals surface area contributed by atoms with Crippen molar-refractivity contribution in [2.24, 2.45) is 0 Å². The van der Waals surface area contributed by atoms with E-state index < -0.39 is 0 Å². The fourth-order valence-electron chi connectivity index (χ4n) is 3.04. The molecule has 1 aromatic rings. The Morgan fingerprint density at radius 3 is 2.08 bits per heavy atom. The summed E-state index contributed by atoms with van der Waals surface area (Å²) >= 11 is 0. The highest BCUT2D eigenvalue weighted by Gasteiger charge is 2.12. The number of rotatable bonds is 15. The predicted octanol–water partition coefficient (Wildman–Crippen LogP) is 6.59. The Labute approximate surface area is 149 Å². The highest BCUT2D eigenvalue weighted by atomic mass is 16.5. The van der Waals surface area contributed by atoms with Crippen LogP contribution in [-0.4, -0.2) is 18.5 Å². The standard InChI is InChI=1S/C22H36O2/c1-3-5-6-7-8-9-10-14-18-21(15-4-2)24-19-22(23)20-16-12-11-13-17-20/h11-13,16-17,21H,3-10,14-15,18-19H2,1-2H3. The molecule has 1 atom stereocenters. The zero-order chi connectivity index (χ0) is 17.5. The summed E-state index contributed by atoms with van der Waals surface area (Å²) in [6.45, 7) is 4.66. The van der Waals surface area contributed by atoms with Gasteiger partial charge in [-0.3, -0.25) is 4.79 Å². The monoisotopic (exact) mass is 332 g/mol. The Bertz CT molecular complexity index is 413. The van der Waals surface area contributed by atoms with Crippen LogP contribution in [0, 0.1) is 0 Å². The lowest BCUT2D eigenvalue weighted by molar-refractivity contribution is 0.0363. The third-order valence-corrected chi connectivity index (χ3v) is 4.54. The van der Waals surface area contributed by atoms with Gasteiger partial charge in [0, 0.05) is 5.56 Å². The maximum atomic E-state index is 12.1. The fourth-order valence-corrected chi connectivity index (χ4v) is 3.04. The second-order valence-corrected chi connectivity index (χ2v) is 6.77. The molecule has 0 spiro atoms. The normalized spacial score (nSPS) is 12.2. The summed E-state index contributed by atoms with van der Waals surface area (Å²) in [6, 6.07) is 9.45. The van der Waals surface area contributed by atoms with E-state index in [0.717, 1.165) is 24.8 Å². The van der Waals surface area contributed by atoms with Crippen LogP contribution in [-0.2, 0) is 4.74 Å². The molecule has 0 saturated heterocycles. The molecule has 2 heteroatoms. The molecule has 0 bridgehead atoms. The van der Waals surface area contributed by atoms with Crippen molar-refractivity contribution in [1.29, 1.82) is 0 Å². The van der Waals surface area contributed by atoms with E-state index >= 15 is 0 Å². The molecule has 0 radical (unpaired) electrons. The van der Waals surface area contributed by atoms with Crippen LogP contribution in [0.5, 0.6) is 0 Å². The lowest BCUT2D eigenvalue weighted by Crippen LogP contribution is -2.18. The van der Waals surface area contributed by atoms with E-state index in [2.05, 4.69) is 13.8 Å². The van der Waals surface area contributed by atoms with Gasteiger partial charge in [-0.2, -0.15) is 0 Å². The van der Waals surface area contributed by atoms with E-state index in [1.165, 1.54) is 51.4 Å². The zero-order valence-corrected chi connectivity index (χ0v) is 15.8. The van der Waals surface area contributed by atoms with Gasteiger partial charge in [0.25, 0.3) is 0 Å². The van der Waals surface area contributed by atoms with Crippen LogP contribution in [0.4, 0.5) is 0 Å². The molecule has 0 fully saturated rings. The lowest BCUT2D eigenvalue weighted by Gasteiger charge is -2.17. The van der Waals surface area contributed by atoms with Crippen molar-refractivity contribution < 1.29 is 9.53 Å². The van der Waals surface area contributed by atoms with Crippen molar-refractivity contribution >= 4 is 5.78 Å². The van der Waals surface area contributed by atoms with Crippen LogP contribution in [0.2, 0.25) is 0 Å². The van der Waals surface area contributed by atoms with E-state index in [9.17, 15) is 4.79 Å². The number of Topliss-reactive ketones (excluding diaryl/α,β-unsaturated/α-hetero) is 1. The lowest BCUT2D eigenvalue weighted by atomic mass is 10.0. The van der Waals surface area contributed by atoms with Gasteiger partial charge in [0.15, 0.2) is 5.78 Å². The molecule has 0 aliphatic carbocycles. The number of unbranched alkanes of at least 4 members (excludes halogenated alkanes) is 7. The summed E-state index contributed by atoms with van der Waals surface area (Å²) in [5.74, 6) is 0.0904. The molecule has 1 aromatic carbocycles. The van der Waals surface area contributed by atoms with Gasteiger partial charge in [0.2, 0.25) is 0 Å². The smallest absolute Gasteiger partial charge is 0.188 e. The van der Waals surface area contributed by atoms with Crippen LogP contribution in [0.15, 0.2) is 30.3 Å². The Balaban J connectivity index is 2.16. The first-order valence-electron chi connectivity index (χ1n) is 9.97. The second kappa shape index (κ2) is 14.2. The third-order valence-electron chi connectivity index (χ3n) is 4.54. The molecule has 2 nitrogen and oxygen atoms in total. The third kappa shape index (κ3) is 9.87. The van der Waals surface area contributed by atoms with Gasteiger partial charge in [-0.15, -0.1) is 0 Å². The van der Waals surface area contributed by atoms with Crippen molar-refractivity contribution in [3.05, 3.63) is 35.9 Å². The first-order valence-corrected chi connectivity index (χ1v) is 9.97. The zero-order valence-electron chi connectivity index (χ0n) is 15.8. The van der Waals surface area contributed by atoms with E-state index in [1.807, 2.05) is 30.3 Å². The molecule has 0 aliphatic rings. The average molecular weight is 333 g/mol. The summed E-state index contributed by atoms with van der Waals surface area (Å²) in [7, 11) is 0. The summed E-state index contributed by atoms with van der Waals surface area (Å²) < 4.78 is 5.91. The number of benzene rings is 1. The summed E-state index contributed by atoms with van der Waals surface area (Å²) in [6.07, 6.45) is 14.2. The number of hydrogen-bond donors (Lipinski definition) is 0. The molecule has 0 N–H and O–H groups in total. The summed E-state index contributed by atoms with van der Waals surface area (Å²) in [4.78, 5) is 12.1. The first-order chi connectivity index (χ1) is 11.8. The SMILES string of the molecule is CCCCCCCCCCC(CCC)OCC(=O)c1ccccc1. The van der Waals surface area contributed by atoms with Crippen LogP contribution in [0.3, 0.4) is 0 Å². The minimum Gasteiger partial charge on any atom is -0.370 e. The van der Waals surface area contributed by atoms with Crippen molar-refractivity contribution in [3.8, 4) is 0 Å². The molecular formula is C22H36O2. The second-order valence-electron chi connectivity index (χ2n) is 6.77. The predicted molar refractivity (Wildman–Crippen MR) is 103 cm³/mol. The number of hydrogen-bond acceptors (Lipinski definition) is 2. The summed E-state index contributed by atoms with van der Waals surface area (Å²) in [5, 5.41) is 0. The maximum absolute atomic E-state index is 12.1. The van der Waals surface area contributed by atoms with Crippen molar-refractivity contribution in [3.63, 3.8) is 0 Å². The first kappa shape index (κ1) is 20.9. The van der Waals surface area contributed by atoms with Crippen molar-refractivity contribution in [1.82, 2.24) is 0 Å². The molecule has 1 unspecified atom stereocenters. The largest absolute Gasteiger partial charge is 0.370 e. The van der Waals surface area contributed by atoms with Crippen molar-refractivity contribution in [2.75, 3.05) is 6.61 Å². The van der Waals surface area contributed by atoms with Gasteiger partial charge in [0.05, 0.1) is 6.10 Å². The van der Waals surface area contributed by atoms with Crippen molar-refractivity contribution in [2.45, 2.75) is 90.6 Å². The van der Waals surface area contributed by atoms with E-state index in [1.54, 1.807) is 0 Å². The number of ketones is 1. The Hall–Kier alpha value is -1.15. The Kier molecular flexibility index (Phi) is 12.4. The van der Waals surface area contributed by atoms with E-state index in [-0.39, 0.29) is 18.5 Å². The molecule has 0 saturated carbocycles. The molecule has 24 heavy (non-hydrogen) atoms. The molecule has 1 rings (SSSR count). The molecule has 0 aromatic heterocycles. The van der Waals surface area contributed by atoms with E-state index in [0.29, 0.717) is 0 Å². The minimum atomic E-state index is 0.0904. The number of carbonyl (C=O) groups is 1. The fraction of sp³-hybridized carbons (Fsp3) is 0.682. The minimum absolute atomic E-state index is 0.0904. The van der Waals surface area contributed by atoms with Crippen LogP contribution in [0.25, 0.3) is 0 Å².